The molecule has 1 aliphatic carbocycles. The Bertz CT molecular complexity index is 156. The maximum Gasteiger partial charge on any atom is 0.0574 e. The molecule has 12 heavy (non-hydrogen) atoms. The van der Waals surface area contributed by atoms with E-state index >= 15 is 0 Å². The van der Waals surface area contributed by atoms with E-state index < -0.39 is 0 Å². The van der Waals surface area contributed by atoms with Gasteiger partial charge in [0.1, 0.15) is 0 Å². The third-order valence-electron chi connectivity index (χ3n) is 2.27. The Hall–Kier alpha value is -0.520. The Labute approximate surface area is 75.3 Å². The molecular formula is C10H18N2. The maximum absolute atomic E-state index is 5.12. The van der Waals surface area contributed by atoms with Gasteiger partial charge in [0.2, 0.25) is 0 Å². The fraction of sp³-hybridized carbons (Fsp3) is 0.800. The van der Waals surface area contributed by atoms with E-state index in [4.69, 9.17) is 6.42 Å². The molecule has 1 N–H and O–H groups in total. The fourth-order valence-electron chi connectivity index (χ4n) is 1.42. The topological polar surface area (TPSA) is 15.3 Å². The Morgan fingerprint density at radius 1 is 1.58 bits per heavy atom. The fourth-order valence-corrected chi connectivity index (χ4v) is 1.42. The molecule has 0 radical (unpaired) electrons. The molecule has 1 fully saturated rings. The van der Waals surface area contributed by atoms with Crippen LogP contribution in [0.3, 0.4) is 0 Å². The molecule has 0 aromatic heterocycles. The summed E-state index contributed by atoms with van der Waals surface area (Å²) in [5.74, 6) is 2.57. The van der Waals surface area contributed by atoms with Crippen LogP contribution in [0.5, 0.6) is 0 Å². The summed E-state index contributed by atoms with van der Waals surface area (Å²) in [6.07, 6.45) is 7.91. The SMILES string of the molecule is C#CCNCCN(CC)C1CC1. The summed E-state index contributed by atoms with van der Waals surface area (Å²) in [6, 6.07) is 0.877. The van der Waals surface area contributed by atoms with Crippen LogP contribution in [-0.4, -0.2) is 37.1 Å². The summed E-state index contributed by atoms with van der Waals surface area (Å²) in [6.45, 7) is 6.25. The smallest absolute Gasteiger partial charge is 0.0574 e. The molecule has 0 bridgehead atoms. The normalized spacial score (nSPS) is 16.4. The van der Waals surface area contributed by atoms with Crippen LogP contribution in [0.1, 0.15) is 19.8 Å². The second-order valence-corrected chi connectivity index (χ2v) is 3.24. The van der Waals surface area contributed by atoms with Crippen molar-refractivity contribution in [3.8, 4) is 12.3 Å². The molecule has 1 aliphatic rings. The molecule has 2 heteroatoms. The van der Waals surface area contributed by atoms with Gasteiger partial charge in [0.25, 0.3) is 0 Å². The average molecular weight is 166 g/mol. The number of nitrogens with zero attached hydrogens (tertiary/aromatic N) is 1. The zero-order valence-electron chi connectivity index (χ0n) is 7.84. The number of hydrogen-bond donors (Lipinski definition) is 1. The average Bonchev–Trinajstić information content (AvgIpc) is 2.88. The van der Waals surface area contributed by atoms with E-state index in [2.05, 4.69) is 23.1 Å². The molecule has 0 atom stereocenters. The first kappa shape index (κ1) is 9.57. The van der Waals surface area contributed by atoms with Gasteiger partial charge in [0.05, 0.1) is 6.54 Å². The quantitative estimate of drug-likeness (QED) is 0.461. The lowest BCUT2D eigenvalue weighted by Crippen LogP contribution is -2.33. The number of likely N-dealkylation sites (N-methyl/N-ethyl adjacent to an activating group) is 1. The van der Waals surface area contributed by atoms with Gasteiger partial charge in [-0.1, -0.05) is 12.8 Å². The zero-order valence-corrected chi connectivity index (χ0v) is 7.84. The Kier molecular flexibility index (Phi) is 4.13. The summed E-state index contributed by atoms with van der Waals surface area (Å²) in [7, 11) is 0. The maximum atomic E-state index is 5.12. The molecule has 0 heterocycles. The minimum absolute atomic E-state index is 0.697. The monoisotopic (exact) mass is 166 g/mol. The van der Waals surface area contributed by atoms with Crippen LogP contribution >= 0.6 is 0 Å². The summed E-state index contributed by atoms with van der Waals surface area (Å²) >= 11 is 0. The van der Waals surface area contributed by atoms with Crippen molar-refractivity contribution >= 4 is 0 Å². The van der Waals surface area contributed by atoms with E-state index in [1.54, 1.807) is 0 Å². The van der Waals surface area contributed by atoms with Crippen molar-refractivity contribution in [2.24, 2.45) is 0 Å². The first-order chi connectivity index (χ1) is 5.88. The van der Waals surface area contributed by atoms with Gasteiger partial charge >= 0.3 is 0 Å². The Balaban J connectivity index is 1.99. The predicted octanol–water partition coefficient (Wildman–Crippen LogP) is 0.694. The highest BCUT2D eigenvalue weighted by Crippen LogP contribution is 2.25. The molecule has 1 saturated carbocycles. The van der Waals surface area contributed by atoms with Crippen molar-refractivity contribution in [1.29, 1.82) is 0 Å². The van der Waals surface area contributed by atoms with E-state index in [1.165, 1.54) is 19.4 Å². The van der Waals surface area contributed by atoms with E-state index in [0.717, 1.165) is 19.1 Å². The van der Waals surface area contributed by atoms with Crippen molar-refractivity contribution in [2.75, 3.05) is 26.2 Å². The summed E-state index contributed by atoms with van der Waals surface area (Å²) in [5, 5.41) is 3.20. The van der Waals surface area contributed by atoms with Crippen LogP contribution in [0.2, 0.25) is 0 Å². The molecule has 2 nitrogen and oxygen atoms in total. The first-order valence-electron chi connectivity index (χ1n) is 4.76. The van der Waals surface area contributed by atoms with Crippen molar-refractivity contribution in [1.82, 2.24) is 10.2 Å². The largest absolute Gasteiger partial charge is 0.305 e. The first-order valence-corrected chi connectivity index (χ1v) is 4.76. The van der Waals surface area contributed by atoms with Gasteiger partial charge in [-0.15, -0.1) is 6.42 Å². The van der Waals surface area contributed by atoms with Gasteiger partial charge in [0, 0.05) is 19.1 Å². The predicted molar refractivity (Wildman–Crippen MR) is 52.0 cm³/mol. The lowest BCUT2D eigenvalue weighted by Gasteiger charge is -2.19. The van der Waals surface area contributed by atoms with Crippen molar-refractivity contribution in [3.63, 3.8) is 0 Å². The van der Waals surface area contributed by atoms with Gasteiger partial charge in [-0.25, -0.2) is 0 Å². The molecule has 0 saturated heterocycles. The third kappa shape index (κ3) is 3.25. The van der Waals surface area contributed by atoms with Crippen LogP contribution in [0.15, 0.2) is 0 Å². The van der Waals surface area contributed by atoms with Crippen LogP contribution < -0.4 is 5.32 Å². The van der Waals surface area contributed by atoms with Crippen molar-refractivity contribution in [2.45, 2.75) is 25.8 Å². The van der Waals surface area contributed by atoms with Gasteiger partial charge in [-0.3, -0.25) is 4.90 Å². The van der Waals surface area contributed by atoms with Gasteiger partial charge < -0.3 is 5.32 Å². The van der Waals surface area contributed by atoms with E-state index in [0.29, 0.717) is 6.54 Å². The van der Waals surface area contributed by atoms with Crippen LogP contribution in [0, 0.1) is 12.3 Å². The highest BCUT2D eigenvalue weighted by atomic mass is 15.2. The van der Waals surface area contributed by atoms with Crippen molar-refractivity contribution in [3.05, 3.63) is 0 Å². The van der Waals surface area contributed by atoms with Gasteiger partial charge in [-0.05, 0) is 19.4 Å². The third-order valence-corrected chi connectivity index (χ3v) is 2.27. The van der Waals surface area contributed by atoms with E-state index in [1.807, 2.05) is 0 Å². The summed E-state index contributed by atoms with van der Waals surface area (Å²) < 4.78 is 0. The standard InChI is InChI=1S/C10H18N2/c1-3-7-11-8-9-12(4-2)10-5-6-10/h1,10-11H,4-9H2,2H3. The molecular weight excluding hydrogens is 148 g/mol. The highest BCUT2D eigenvalue weighted by molar-refractivity contribution is 4.87. The second kappa shape index (κ2) is 5.18. The molecule has 0 unspecified atom stereocenters. The minimum atomic E-state index is 0.697. The lowest BCUT2D eigenvalue weighted by atomic mass is 10.4. The highest BCUT2D eigenvalue weighted by Gasteiger charge is 2.26. The van der Waals surface area contributed by atoms with E-state index in [9.17, 15) is 0 Å². The summed E-state index contributed by atoms with van der Waals surface area (Å²) in [4.78, 5) is 2.52. The summed E-state index contributed by atoms with van der Waals surface area (Å²) in [5.41, 5.74) is 0. The van der Waals surface area contributed by atoms with Gasteiger partial charge in [0.15, 0.2) is 0 Å². The number of rotatable bonds is 6. The van der Waals surface area contributed by atoms with E-state index in [-0.39, 0.29) is 0 Å². The number of nitrogens with one attached hydrogen (secondary N) is 1. The Morgan fingerprint density at radius 2 is 2.33 bits per heavy atom. The molecule has 0 aromatic carbocycles. The van der Waals surface area contributed by atoms with Crippen LogP contribution in [0.4, 0.5) is 0 Å². The number of hydrogen-bond acceptors (Lipinski definition) is 2. The lowest BCUT2D eigenvalue weighted by molar-refractivity contribution is 0.279. The molecule has 0 amide bonds. The Morgan fingerprint density at radius 3 is 2.83 bits per heavy atom. The number of terminal acetylenes is 1. The van der Waals surface area contributed by atoms with Crippen molar-refractivity contribution < 1.29 is 0 Å². The second-order valence-electron chi connectivity index (χ2n) is 3.24. The zero-order chi connectivity index (χ0) is 8.81. The molecule has 0 aromatic rings. The van der Waals surface area contributed by atoms with Gasteiger partial charge in [-0.2, -0.15) is 0 Å². The minimum Gasteiger partial charge on any atom is -0.305 e. The molecule has 68 valence electrons. The molecule has 0 aliphatic heterocycles. The molecule has 0 spiro atoms. The van der Waals surface area contributed by atoms with Crippen LogP contribution in [-0.2, 0) is 0 Å². The molecule has 1 rings (SSSR count). The van der Waals surface area contributed by atoms with Crippen LogP contribution in [0.25, 0.3) is 0 Å².